The lowest BCUT2D eigenvalue weighted by atomic mass is 10.1. The van der Waals surface area contributed by atoms with Gasteiger partial charge in [0, 0.05) is 19.3 Å². The fraction of sp³-hybridized carbons (Fsp3) is 0.742. The quantitative estimate of drug-likeness (QED) is 0.0261. The molecule has 0 bridgehead atoms. The molecule has 0 N–H and O–H groups in total. The molecule has 0 aromatic rings. The van der Waals surface area contributed by atoms with E-state index in [-0.39, 0.29) is 31.1 Å². The minimum atomic E-state index is -0.787. The zero-order chi connectivity index (χ0) is 52.2. The van der Waals surface area contributed by atoms with Gasteiger partial charge in [-0.05, 0) is 116 Å². The van der Waals surface area contributed by atoms with Crippen LogP contribution >= 0.6 is 0 Å². The minimum Gasteiger partial charge on any atom is -0.462 e. The number of hydrogen-bond donors (Lipinski definition) is 0. The Balaban J connectivity index is 4.35. The normalized spacial score (nSPS) is 12.7. The van der Waals surface area contributed by atoms with Crippen LogP contribution in [0, 0.1) is 0 Å². The zero-order valence-electron chi connectivity index (χ0n) is 47.4. The number of ether oxygens (including phenoxy) is 3. The van der Waals surface area contributed by atoms with Crippen LogP contribution in [0.5, 0.6) is 0 Å². The van der Waals surface area contributed by atoms with Gasteiger partial charge in [-0.25, -0.2) is 0 Å². The molecule has 0 radical (unpaired) electrons. The van der Waals surface area contributed by atoms with E-state index in [0.29, 0.717) is 19.3 Å². The Hall–Kier alpha value is -3.41. The highest BCUT2D eigenvalue weighted by atomic mass is 16.6. The second-order valence-electron chi connectivity index (χ2n) is 20.2. The molecule has 6 heteroatoms. The molecule has 0 aromatic heterocycles. The monoisotopic (exact) mass is 1000 g/mol. The first-order valence-electron chi connectivity index (χ1n) is 30.6. The molecule has 414 valence electrons. The molecule has 1 atom stereocenters. The van der Waals surface area contributed by atoms with Gasteiger partial charge in [-0.1, -0.05) is 247 Å². The first kappa shape index (κ1) is 68.6. The highest BCUT2D eigenvalue weighted by molar-refractivity contribution is 5.71. The maximum atomic E-state index is 12.9. The molecular formula is C66H114O6. The van der Waals surface area contributed by atoms with Gasteiger partial charge in [0.2, 0.25) is 0 Å². The average molecular weight is 1000 g/mol. The molecule has 0 saturated carbocycles. The van der Waals surface area contributed by atoms with Gasteiger partial charge in [0.05, 0.1) is 0 Å². The Labute approximate surface area is 445 Å². The number of carbonyl (C=O) groups is 3. The Morgan fingerprint density at radius 3 is 0.889 bits per heavy atom. The van der Waals surface area contributed by atoms with Crippen LogP contribution in [-0.4, -0.2) is 37.2 Å². The van der Waals surface area contributed by atoms with Crippen LogP contribution in [-0.2, 0) is 28.6 Å². The Morgan fingerprint density at radius 2 is 0.542 bits per heavy atom. The summed E-state index contributed by atoms with van der Waals surface area (Å²) in [5, 5.41) is 0. The predicted octanol–water partition coefficient (Wildman–Crippen LogP) is 20.7. The number of rotatable bonds is 55. The third kappa shape index (κ3) is 57.5. The van der Waals surface area contributed by atoms with E-state index in [2.05, 4.69) is 106 Å². The molecule has 0 fully saturated rings. The van der Waals surface area contributed by atoms with Crippen molar-refractivity contribution in [3.05, 3.63) is 85.1 Å². The number of esters is 3. The summed E-state index contributed by atoms with van der Waals surface area (Å²) in [6.45, 7) is 6.50. The smallest absolute Gasteiger partial charge is 0.306 e. The van der Waals surface area contributed by atoms with Crippen LogP contribution in [0.2, 0.25) is 0 Å². The van der Waals surface area contributed by atoms with Gasteiger partial charge in [-0.2, -0.15) is 0 Å². The summed E-state index contributed by atoms with van der Waals surface area (Å²) in [5.74, 6) is -0.897. The number of unbranched alkanes of at least 4 members (excludes halogenated alkanes) is 30. The van der Waals surface area contributed by atoms with E-state index in [9.17, 15) is 14.4 Å². The molecule has 0 rings (SSSR count). The topological polar surface area (TPSA) is 78.9 Å². The Kier molecular flexibility index (Phi) is 57.3. The largest absolute Gasteiger partial charge is 0.462 e. The fourth-order valence-electron chi connectivity index (χ4n) is 8.52. The van der Waals surface area contributed by atoms with E-state index in [1.165, 1.54) is 154 Å². The Bertz CT molecular complexity index is 1380. The number of carbonyl (C=O) groups excluding carboxylic acids is 3. The summed E-state index contributed by atoms with van der Waals surface area (Å²) >= 11 is 0. The summed E-state index contributed by atoms with van der Waals surface area (Å²) in [7, 11) is 0. The molecule has 0 aliphatic rings. The highest BCUT2D eigenvalue weighted by Crippen LogP contribution is 2.15. The van der Waals surface area contributed by atoms with Crippen molar-refractivity contribution in [3.63, 3.8) is 0 Å². The van der Waals surface area contributed by atoms with E-state index >= 15 is 0 Å². The Morgan fingerprint density at radius 1 is 0.292 bits per heavy atom. The SMILES string of the molecule is CC/C=C\C/C=C\C/C=C\C/C=C\CCCCCCCCCCC(=O)OCC(COC(=O)CCCCCCC/C=C\CCCCC)OC(=O)CCCCCCCCCCC/C=C\C/C=C\CCCCCCC. The lowest BCUT2D eigenvalue weighted by Gasteiger charge is -2.18. The summed E-state index contributed by atoms with van der Waals surface area (Å²) in [4.78, 5) is 38.2. The van der Waals surface area contributed by atoms with Crippen molar-refractivity contribution < 1.29 is 28.6 Å². The molecule has 72 heavy (non-hydrogen) atoms. The third-order valence-electron chi connectivity index (χ3n) is 13.1. The molecule has 0 heterocycles. The van der Waals surface area contributed by atoms with Crippen molar-refractivity contribution in [3.8, 4) is 0 Å². The first-order chi connectivity index (χ1) is 35.5. The van der Waals surface area contributed by atoms with E-state index < -0.39 is 6.10 Å². The molecule has 0 amide bonds. The highest BCUT2D eigenvalue weighted by Gasteiger charge is 2.19. The third-order valence-corrected chi connectivity index (χ3v) is 13.1. The van der Waals surface area contributed by atoms with Gasteiger partial charge in [-0.3, -0.25) is 14.4 Å². The zero-order valence-corrected chi connectivity index (χ0v) is 47.4. The van der Waals surface area contributed by atoms with Crippen LogP contribution in [0.1, 0.15) is 297 Å². The van der Waals surface area contributed by atoms with Gasteiger partial charge in [0.25, 0.3) is 0 Å². The summed E-state index contributed by atoms with van der Waals surface area (Å²) < 4.78 is 16.9. The number of allylic oxidation sites excluding steroid dienone is 14. The van der Waals surface area contributed by atoms with Crippen molar-refractivity contribution >= 4 is 17.9 Å². The summed E-state index contributed by atoms with van der Waals surface area (Å²) in [5.41, 5.74) is 0. The maximum absolute atomic E-state index is 12.9. The predicted molar refractivity (Wildman–Crippen MR) is 311 cm³/mol. The van der Waals surface area contributed by atoms with E-state index in [1.807, 2.05) is 0 Å². The van der Waals surface area contributed by atoms with Gasteiger partial charge in [0.15, 0.2) is 6.10 Å². The standard InChI is InChI=1S/C66H114O6/c1-4-7-10-13-16-19-22-25-27-29-31-33-35-37-39-41-44-47-50-53-56-59-65(68)71-62-63(61-70-64(67)58-55-52-49-46-43-24-21-18-15-12-9-6-3)72-66(69)60-57-54-51-48-45-42-40-38-36-34-32-30-28-26-23-20-17-14-11-8-5-2/h7,10,16,18-19,21,23,25-27,30-33,63H,4-6,8-9,11-15,17,20,22,24,28-29,34-62H2,1-3H3/b10-7-,19-16-,21-18-,26-23-,27-25-,32-30-,33-31-. The van der Waals surface area contributed by atoms with Crippen LogP contribution in [0.4, 0.5) is 0 Å². The van der Waals surface area contributed by atoms with Gasteiger partial charge in [0.1, 0.15) is 13.2 Å². The van der Waals surface area contributed by atoms with Crippen molar-refractivity contribution in [2.45, 2.75) is 303 Å². The molecule has 6 nitrogen and oxygen atoms in total. The van der Waals surface area contributed by atoms with Gasteiger partial charge >= 0.3 is 17.9 Å². The second kappa shape index (κ2) is 60.1. The van der Waals surface area contributed by atoms with Crippen LogP contribution in [0.3, 0.4) is 0 Å². The minimum absolute atomic E-state index is 0.0845. The average Bonchev–Trinajstić information content (AvgIpc) is 3.38. The van der Waals surface area contributed by atoms with E-state index in [4.69, 9.17) is 14.2 Å². The fourth-order valence-corrected chi connectivity index (χ4v) is 8.52. The molecule has 0 spiro atoms. The van der Waals surface area contributed by atoms with Crippen LogP contribution in [0.25, 0.3) is 0 Å². The lowest BCUT2D eigenvalue weighted by Crippen LogP contribution is -2.30. The van der Waals surface area contributed by atoms with Crippen LogP contribution in [0.15, 0.2) is 85.1 Å². The molecule has 0 aliphatic heterocycles. The van der Waals surface area contributed by atoms with Gasteiger partial charge < -0.3 is 14.2 Å². The maximum Gasteiger partial charge on any atom is 0.306 e. The van der Waals surface area contributed by atoms with Crippen molar-refractivity contribution in [1.29, 1.82) is 0 Å². The van der Waals surface area contributed by atoms with Gasteiger partial charge in [-0.15, -0.1) is 0 Å². The molecule has 0 aliphatic carbocycles. The molecular weight excluding hydrogens is 889 g/mol. The van der Waals surface area contributed by atoms with E-state index in [1.54, 1.807) is 0 Å². The second-order valence-corrected chi connectivity index (χ2v) is 20.2. The van der Waals surface area contributed by atoms with E-state index in [0.717, 1.165) is 103 Å². The van der Waals surface area contributed by atoms with Crippen molar-refractivity contribution in [2.24, 2.45) is 0 Å². The summed E-state index contributed by atoms with van der Waals surface area (Å²) in [6, 6.07) is 0. The molecule has 0 saturated heterocycles. The number of hydrogen-bond acceptors (Lipinski definition) is 6. The summed E-state index contributed by atoms with van der Waals surface area (Å²) in [6.07, 6.45) is 78.6. The molecule has 0 aromatic carbocycles. The van der Waals surface area contributed by atoms with Crippen LogP contribution < -0.4 is 0 Å². The first-order valence-corrected chi connectivity index (χ1v) is 30.6. The van der Waals surface area contributed by atoms with Crippen molar-refractivity contribution in [2.75, 3.05) is 13.2 Å². The lowest BCUT2D eigenvalue weighted by molar-refractivity contribution is -0.167. The van der Waals surface area contributed by atoms with Crippen molar-refractivity contribution in [1.82, 2.24) is 0 Å². The molecule has 1 unspecified atom stereocenters.